The molecule has 1 nitrogen and oxygen atoms in total. The maximum Gasteiger partial charge on any atom is 0.115 e. The van der Waals surface area contributed by atoms with Crippen LogP contribution in [0.4, 0.5) is 0 Å². The van der Waals surface area contributed by atoms with Crippen LogP contribution in [0, 0.1) is 5.92 Å². The summed E-state index contributed by atoms with van der Waals surface area (Å²) in [7, 11) is 0. The highest BCUT2D eigenvalue weighted by atomic mass is 16.3. The fourth-order valence-electron chi connectivity index (χ4n) is 5.11. The Bertz CT molecular complexity index is 513. The first kappa shape index (κ1) is 29.1. The van der Waals surface area contributed by atoms with E-state index in [4.69, 9.17) is 0 Å². The minimum atomic E-state index is 0.382. The summed E-state index contributed by atoms with van der Waals surface area (Å²) in [5.74, 6) is 0.915. The molecule has 1 unspecified atom stereocenters. The van der Waals surface area contributed by atoms with Crippen LogP contribution >= 0.6 is 0 Å². The summed E-state index contributed by atoms with van der Waals surface area (Å²) in [6, 6.07) is 0. The molecule has 0 aliphatic heterocycles. The lowest BCUT2D eigenvalue weighted by Gasteiger charge is -2.25. The van der Waals surface area contributed by atoms with Gasteiger partial charge in [0.05, 0.1) is 0 Å². The van der Waals surface area contributed by atoms with E-state index in [1.165, 1.54) is 140 Å². The first-order valence-electron chi connectivity index (χ1n) is 14.5. The zero-order valence-corrected chi connectivity index (χ0v) is 21.9. The molecule has 0 heterocycles. The maximum atomic E-state index is 10.5. The summed E-state index contributed by atoms with van der Waals surface area (Å²) in [6.07, 6.45) is 33.5. The van der Waals surface area contributed by atoms with E-state index >= 15 is 0 Å². The molecule has 1 N–H and O–H groups in total. The molecule has 32 heavy (non-hydrogen) atoms. The van der Waals surface area contributed by atoms with Crippen LogP contribution < -0.4 is 0 Å². The highest BCUT2D eigenvalue weighted by Crippen LogP contribution is 2.35. The standard InChI is InChI=1S/C31H56O/c1-4-6-8-10-12-14-16-18-20-22-24-29-28(3)26-27-31(32)30(29)25-23-21-19-17-15-13-11-9-7-5-2/h26-27,29,32H,3-25H2,1-2H3. The third-order valence-electron chi connectivity index (χ3n) is 7.30. The van der Waals surface area contributed by atoms with Crippen LogP contribution in [0.2, 0.25) is 0 Å². The van der Waals surface area contributed by atoms with Gasteiger partial charge in [-0.15, -0.1) is 0 Å². The SMILES string of the molecule is C=C1C=CC(O)=C(CCCCCCCCCCCC)C1CCCCCCCCCCCC. The van der Waals surface area contributed by atoms with Crippen LogP contribution in [0.15, 0.2) is 35.6 Å². The first-order valence-corrected chi connectivity index (χ1v) is 14.5. The number of allylic oxidation sites excluding steroid dienone is 4. The Morgan fingerprint density at radius 1 is 0.594 bits per heavy atom. The van der Waals surface area contributed by atoms with Crippen molar-refractivity contribution in [2.75, 3.05) is 0 Å². The van der Waals surface area contributed by atoms with Gasteiger partial charge >= 0.3 is 0 Å². The van der Waals surface area contributed by atoms with Gasteiger partial charge in [0.2, 0.25) is 0 Å². The summed E-state index contributed by atoms with van der Waals surface area (Å²) in [6.45, 7) is 8.88. The van der Waals surface area contributed by atoms with Crippen LogP contribution in [0.1, 0.15) is 155 Å². The van der Waals surface area contributed by atoms with Crippen molar-refractivity contribution in [3.05, 3.63) is 35.6 Å². The van der Waals surface area contributed by atoms with Crippen LogP contribution in [-0.4, -0.2) is 5.11 Å². The summed E-state index contributed by atoms with van der Waals surface area (Å²) >= 11 is 0. The molecule has 0 aromatic heterocycles. The molecule has 0 aromatic rings. The van der Waals surface area contributed by atoms with E-state index in [1.54, 1.807) is 0 Å². The van der Waals surface area contributed by atoms with Gasteiger partial charge in [-0.3, -0.25) is 0 Å². The van der Waals surface area contributed by atoms with Crippen molar-refractivity contribution in [2.24, 2.45) is 5.92 Å². The second kappa shape index (κ2) is 20.6. The molecular weight excluding hydrogens is 388 g/mol. The van der Waals surface area contributed by atoms with Crippen molar-refractivity contribution in [3.63, 3.8) is 0 Å². The second-order valence-electron chi connectivity index (χ2n) is 10.3. The monoisotopic (exact) mass is 444 g/mol. The molecule has 0 bridgehead atoms. The predicted molar refractivity (Wildman–Crippen MR) is 144 cm³/mol. The summed E-state index contributed by atoms with van der Waals surface area (Å²) < 4.78 is 0. The second-order valence-corrected chi connectivity index (χ2v) is 10.3. The average molecular weight is 445 g/mol. The highest BCUT2D eigenvalue weighted by Gasteiger charge is 2.22. The van der Waals surface area contributed by atoms with Gasteiger partial charge in [0.1, 0.15) is 5.76 Å². The van der Waals surface area contributed by atoms with Crippen molar-refractivity contribution in [1.82, 2.24) is 0 Å². The molecule has 186 valence electrons. The van der Waals surface area contributed by atoms with Gasteiger partial charge in [-0.05, 0) is 36.5 Å². The molecule has 1 aliphatic rings. The van der Waals surface area contributed by atoms with E-state index in [2.05, 4.69) is 20.4 Å². The molecule has 0 radical (unpaired) electrons. The number of aliphatic hydroxyl groups excluding tert-OH is 1. The van der Waals surface area contributed by atoms with E-state index in [9.17, 15) is 5.11 Å². The third kappa shape index (κ3) is 14.2. The zero-order valence-electron chi connectivity index (χ0n) is 21.9. The maximum absolute atomic E-state index is 10.5. The number of unbranched alkanes of at least 4 members (excludes halogenated alkanes) is 18. The van der Waals surface area contributed by atoms with Gasteiger partial charge in [-0.25, -0.2) is 0 Å². The molecule has 1 atom stereocenters. The molecular formula is C31H56O. The molecule has 0 saturated heterocycles. The Kier molecular flexibility index (Phi) is 18.7. The number of hydrogen-bond donors (Lipinski definition) is 1. The Labute approximate surface area is 201 Å². The normalized spacial score (nSPS) is 16.3. The van der Waals surface area contributed by atoms with Crippen molar-refractivity contribution in [2.45, 2.75) is 155 Å². The summed E-state index contributed by atoms with van der Waals surface area (Å²) in [4.78, 5) is 0. The predicted octanol–water partition coefficient (Wildman–Crippen LogP) is 11.2. The smallest absolute Gasteiger partial charge is 0.115 e. The van der Waals surface area contributed by atoms with E-state index in [-0.39, 0.29) is 0 Å². The molecule has 0 aromatic carbocycles. The van der Waals surface area contributed by atoms with Gasteiger partial charge in [0.15, 0.2) is 0 Å². The van der Waals surface area contributed by atoms with Gasteiger partial charge in [0, 0.05) is 5.92 Å². The molecule has 0 fully saturated rings. The van der Waals surface area contributed by atoms with Crippen molar-refractivity contribution >= 4 is 0 Å². The lowest BCUT2D eigenvalue weighted by molar-refractivity contribution is 0.400. The lowest BCUT2D eigenvalue weighted by atomic mass is 9.80. The minimum absolute atomic E-state index is 0.382. The zero-order chi connectivity index (χ0) is 23.3. The van der Waals surface area contributed by atoms with Crippen molar-refractivity contribution < 1.29 is 5.11 Å². The van der Waals surface area contributed by atoms with E-state index < -0.39 is 0 Å². The van der Waals surface area contributed by atoms with Crippen LogP contribution in [0.3, 0.4) is 0 Å². The molecule has 0 amide bonds. The molecule has 1 heteroatoms. The average Bonchev–Trinajstić information content (AvgIpc) is 2.79. The van der Waals surface area contributed by atoms with Crippen molar-refractivity contribution in [3.8, 4) is 0 Å². The van der Waals surface area contributed by atoms with Crippen LogP contribution in [0.5, 0.6) is 0 Å². The Balaban J connectivity index is 2.15. The van der Waals surface area contributed by atoms with Crippen LogP contribution in [0.25, 0.3) is 0 Å². The molecule has 1 aliphatic carbocycles. The fourth-order valence-corrected chi connectivity index (χ4v) is 5.11. The number of aliphatic hydroxyl groups is 1. The summed E-state index contributed by atoms with van der Waals surface area (Å²) in [5, 5.41) is 10.5. The van der Waals surface area contributed by atoms with Crippen molar-refractivity contribution in [1.29, 1.82) is 0 Å². The quantitative estimate of drug-likeness (QED) is 0.165. The van der Waals surface area contributed by atoms with Gasteiger partial charge in [-0.2, -0.15) is 0 Å². The van der Waals surface area contributed by atoms with Crippen LogP contribution in [-0.2, 0) is 0 Å². The topological polar surface area (TPSA) is 20.2 Å². The Morgan fingerprint density at radius 3 is 1.47 bits per heavy atom. The highest BCUT2D eigenvalue weighted by molar-refractivity contribution is 5.39. The minimum Gasteiger partial charge on any atom is -0.508 e. The fraction of sp³-hybridized carbons (Fsp3) is 0.806. The van der Waals surface area contributed by atoms with Gasteiger partial charge < -0.3 is 5.11 Å². The van der Waals surface area contributed by atoms with E-state index in [1.807, 2.05) is 12.2 Å². The van der Waals surface area contributed by atoms with Gasteiger partial charge in [0.25, 0.3) is 0 Å². The first-order chi connectivity index (χ1) is 15.7. The largest absolute Gasteiger partial charge is 0.508 e. The molecule has 1 rings (SSSR count). The summed E-state index contributed by atoms with van der Waals surface area (Å²) in [5.41, 5.74) is 2.48. The molecule has 0 spiro atoms. The molecule has 0 saturated carbocycles. The third-order valence-corrected chi connectivity index (χ3v) is 7.30. The number of hydrogen-bond acceptors (Lipinski definition) is 1. The lowest BCUT2D eigenvalue weighted by Crippen LogP contribution is -2.12. The van der Waals surface area contributed by atoms with E-state index in [0.29, 0.717) is 11.7 Å². The van der Waals surface area contributed by atoms with E-state index in [0.717, 1.165) is 12.8 Å². The Morgan fingerprint density at radius 2 is 1.00 bits per heavy atom. The number of rotatable bonds is 22. The Hall–Kier alpha value is -0.980. The van der Waals surface area contributed by atoms with Gasteiger partial charge in [-0.1, -0.05) is 148 Å².